The third-order valence-electron chi connectivity index (χ3n) is 4.76. The Labute approximate surface area is 134 Å². The molecule has 2 rings (SSSR count). The maximum atomic E-state index is 13.9. The third-order valence-corrected chi connectivity index (χ3v) is 5.25. The van der Waals surface area contributed by atoms with Crippen molar-refractivity contribution in [1.82, 2.24) is 4.90 Å². The van der Waals surface area contributed by atoms with Crippen LogP contribution in [0.15, 0.2) is 22.7 Å². The molecule has 1 fully saturated rings. The molecule has 0 atom stereocenters. The molecule has 0 aliphatic carbocycles. The summed E-state index contributed by atoms with van der Waals surface area (Å²) < 4.78 is 14.7. The van der Waals surface area contributed by atoms with E-state index in [1.165, 1.54) is 6.07 Å². The van der Waals surface area contributed by atoms with E-state index >= 15 is 0 Å². The molecule has 0 unspecified atom stereocenters. The van der Waals surface area contributed by atoms with E-state index < -0.39 is 5.54 Å². The van der Waals surface area contributed by atoms with Crippen molar-refractivity contribution < 1.29 is 9.18 Å². The van der Waals surface area contributed by atoms with Gasteiger partial charge < -0.3 is 0 Å². The fourth-order valence-corrected chi connectivity index (χ4v) is 3.84. The first-order chi connectivity index (χ1) is 10.0. The monoisotopic (exact) mass is 355 g/mol. The number of nitrogens with zero attached hydrogens (tertiary/aromatic N) is 1. The maximum Gasteiger partial charge on any atom is 0.157 e. The smallest absolute Gasteiger partial charge is 0.157 e. The zero-order valence-electron chi connectivity index (χ0n) is 12.8. The third kappa shape index (κ3) is 3.37. The minimum atomic E-state index is -0.425. The molecule has 1 aromatic rings. The van der Waals surface area contributed by atoms with Crippen LogP contribution in [0.5, 0.6) is 0 Å². The Hall–Kier alpha value is -0.740. The van der Waals surface area contributed by atoms with Gasteiger partial charge in [-0.25, -0.2) is 4.39 Å². The molecule has 1 aliphatic heterocycles. The average Bonchev–Trinajstić information content (AvgIpc) is 2.99. The molecule has 1 aromatic carbocycles. The molecule has 1 heterocycles. The van der Waals surface area contributed by atoms with Gasteiger partial charge in [-0.2, -0.15) is 0 Å². The zero-order valence-corrected chi connectivity index (χ0v) is 14.4. The van der Waals surface area contributed by atoms with Gasteiger partial charge in [0.1, 0.15) is 5.82 Å². The molecular formula is C17H23BrFNO. The van der Waals surface area contributed by atoms with Crippen LogP contribution in [-0.4, -0.2) is 29.3 Å². The van der Waals surface area contributed by atoms with Crippen molar-refractivity contribution in [3.05, 3.63) is 34.1 Å². The SMILES string of the molecule is CCC(CC)(C(=O)Cc1cc(Br)ccc1F)N1CCCC1. The molecule has 21 heavy (non-hydrogen) atoms. The Balaban J connectivity index is 2.24. The minimum Gasteiger partial charge on any atom is -0.297 e. The van der Waals surface area contributed by atoms with Crippen LogP contribution in [-0.2, 0) is 11.2 Å². The van der Waals surface area contributed by atoms with E-state index in [9.17, 15) is 9.18 Å². The van der Waals surface area contributed by atoms with Crippen LogP contribution in [0.2, 0.25) is 0 Å². The second-order valence-corrected chi connectivity index (χ2v) is 6.68. The highest BCUT2D eigenvalue weighted by Crippen LogP contribution is 2.31. The summed E-state index contributed by atoms with van der Waals surface area (Å²) in [6.45, 7) is 6.09. The number of hydrogen-bond acceptors (Lipinski definition) is 2. The minimum absolute atomic E-state index is 0.145. The van der Waals surface area contributed by atoms with Crippen molar-refractivity contribution in [2.24, 2.45) is 0 Å². The van der Waals surface area contributed by atoms with Crippen LogP contribution in [0.25, 0.3) is 0 Å². The second kappa shape index (κ2) is 7.01. The molecule has 0 spiro atoms. The lowest BCUT2D eigenvalue weighted by atomic mass is 9.83. The second-order valence-electron chi connectivity index (χ2n) is 5.77. The first-order valence-electron chi connectivity index (χ1n) is 7.75. The summed E-state index contributed by atoms with van der Waals surface area (Å²) in [5.74, 6) is -0.152. The molecule has 2 nitrogen and oxygen atoms in total. The number of carbonyl (C=O) groups is 1. The van der Waals surface area contributed by atoms with Crippen molar-refractivity contribution in [3.8, 4) is 0 Å². The van der Waals surface area contributed by atoms with E-state index in [4.69, 9.17) is 0 Å². The van der Waals surface area contributed by atoms with Crippen molar-refractivity contribution in [1.29, 1.82) is 0 Å². The molecule has 0 saturated carbocycles. The Bertz CT molecular complexity index is 508. The number of benzene rings is 1. The lowest BCUT2D eigenvalue weighted by molar-refractivity contribution is -0.130. The lowest BCUT2D eigenvalue weighted by Crippen LogP contribution is -2.53. The molecular weight excluding hydrogens is 333 g/mol. The predicted octanol–water partition coefficient (Wildman–Crippen LogP) is 4.35. The first kappa shape index (κ1) is 16.6. The van der Waals surface area contributed by atoms with Crippen LogP contribution in [0.1, 0.15) is 45.1 Å². The molecule has 0 N–H and O–H groups in total. The number of Topliss-reactive ketones (excluding diaryl/α,β-unsaturated/α-hetero) is 1. The summed E-state index contributed by atoms with van der Waals surface area (Å²) in [4.78, 5) is 15.2. The number of ketones is 1. The molecule has 0 aromatic heterocycles. The van der Waals surface area contributed by atoms with Gasteiger partial charge in [-0.3, -0.25) is 9.69 Å². The van der Waals surface area contributed by atoms with Crippen LogP contribution < -0.4 is 0 Å². The summed E-state index contributed by atoms with van der Waals surface area (Å²) in [5.41, 5.74) is 0.0606. The lowest BCUT2D eigenvalue weighted by Gasteiger charge is -2.39. The zero-order chi connectivity index (χ0) is 15.5. The van der Waals surface area contributed by atoms with E-state index in [0.717, 1.165) is 43.2 Å². The van der Waals surface area contributed by atoms with E-state index in [1.54, 1.807) is 12.1 Å². The van der Waals surface area contributed by atoms with Crippen molar-refractivity contribution in [3.63, 3.8) is 0 Å². The van der Waals surface area contributed by atoms with E-state index in [-0.39, 0.29) is 18.0 Å². The number of rotatable bonds is 6. The summed E-state index contributed by atoms with van der Waals surface area (Å²) in [6.07, 6.45) is 4.06. The highest BCUT2D eigenvalue weighted by Gasteiger charge is 2.41. The van der Waals surface area contributed by atoms with Crippen molar-refractivity contribution in [2.45, 2.75) is 51.5 Å². The standard InChI is InChI=1S/C17H23BrFNO/c1-3-17(4-2,20-9-5-6-10-20)16(21)12-13-11-14(18)7-8-15(13)19/h7-8,11H,3-6,9-10,12H2,1-2H3. The summed E-state index contributed by atoms with van der Waals surface area (Å²) >= 11 is 3.35. The highest BCUT2D eigenvalue weighted by molar-refractivity contribution is 9.10. The molecule has 1 aliphatic rings. The first-order valence-corrected chi connectivity index (χ1v) is 8.55. The Morgan fingerprint density at radius 2 is 1.90 bits per heavy atom. The van der Waals surface area contributed by atoms with E-state index in [0.29, 0.717) is 5.56 Å². The van der Waals surface area contributed by atoms with Crippen LogP contribution in [0.3, 0.4) is 0 Å². The van der Waals surface area contributed by atoms with E-state index in [2.05, 4.69) is 34.7 Å². The number of hydrogen-bond donors (Lipinski definition) is 0. The van der Waals surface area contributed by atoms with Crippen LogP contribution in [0.4, 0.5) is 4.39 Å². The summed E-state index contributed by atoms with van der Waals surface area (Å²) in [6, 6.07) is 4.80. The van der Waals surface area contributed by atoms with Gasteiger partial charge in [0.25, 0.3) is 0 Å². The number of carbonyl (C=O) groups excluding carboxylic acids is 1. The number of likely N-dealkylation sites (tertiary alicyclic amines) is 1. The van der Waals surface area contributed by atoms with Gasteiger partial charge in [0.2, 0.25) is 0 Å². The van der Waals surface area contributed by atoms with Crippen molar-refractivity contribution in [2.75, 3.05) is 13.1 Å². The van der Waals surface area contributed by atoms with Crippen LogP contribution >= 0.6 is 15.9 Å². The molecule has 0 radical (unpaired) electrons. The van der Waals surface area contributed by atoms with Gasteiger partial charge in [0.15, 0.2) is 5.78 Å². The fourth-order valence-electron chi connectivity index (χ4n) is 3.43. The molecule has 0 amide bonds. The average molecular weight is 356 g/mol. The fraction of sp³-hybridized carbons (Fsp3) is 0.588. The Morgan fingerprint density at radius 3 is 2.48 bits per heavy atom. The topological polar surface area (TPSA) is 20.3 Å². The van der Waals surface area contributed by atoms with Gasteiger partial charge in [-0.15, -0.1) is 0 Å². The van der Waals surface area contributed by atoms with Gasteiger partial charge in [0, 0.05) is 10.9 Å². The predicted molar refractivity (Wildman–Crippen MR) is 86.9 cm³/mol. The molecule has 1 saturated heterocycles. The Kier molecular flexibility index (Phi) is 5.55. The highest BCUT2D eigenvalue weighted by atomic mass is 79.9. The largest absolute Gasteiger partial charge is 0.297 e. The summed E-state index contributed by atoms with van der Waals surface area (Å²) in [5, 5.41) is 0. The van der Waals surface area contributed by atoms with E-state index in [1.807, 2.05) is 0 Å². The van der Waals surface area contributed by atoms with Gasteiger partial charge >= 0.3 is 0 Å². The summed E-state index contributed by atoms with van der Waals surface area (Å²) in [7, 11) is 0. The quantitative estimate of drug-likeness (QED) is 0.755. The maximum absolute atomic E-state index is 13.9. The van der Waals surface area contributed by atoms with Crippen LogP contribution in [0, 0.1) is 5.82 Å². The number of halogens is 2. The molecule has 116 valence electrons. The van der Waals surface area contributed by atoms with Gasteiger partial charge in [-0.05, 0) is 62.5 Å². The van der Waals surface area contributed by atoms with Gasteiger partial charge in [0.05, 0.1) is 5.54 Å². The molecule has 0 bridgehead atoms. The van der Waals surface area contributed by atoms with Gasteiger partial charge in [-0.1, -0.05) is 29.8 Å². The molecule has 4 heteroatoms. The Morgan fingerprint density at radius 1 is 1.29 bits per heavy atom. The normalized spacial score (nSPS) is 16.4. The van der Waals surface area contributed by atoms with Crippen molar-refractivity contribution >= 4 is 21.7 Å².